The Morgan fingerprint density at radius 3 is 1.98 bits per heavy atom. The molecule has 258 valence electrons. The lowest BCUT2D eigenvalue weighted by Crippen LogP contribution is -2.41. The first kappa shape index (κ1) is 34.1. The molecule has 0 unspecified atom stereocenters. The molecule has 11 heteroatoms. The van der Waals surface area contributed by atoms with Gasteiger partial charge in [-0.25, -0.2) is 13.1 Å². The molecule has 4 aromatic carbocycles. The molecule has 0 spiro atoms. The summed E-state index contributed by atoms with van der Waals surface area (Å²) in [4.78, 5) is 0.315. The molecule has 0 bridgehead atoms. The number of fused-ring (bicyclic) bond motifs is 1. The van der Waals surface area contributed by atoms with Crippen LogP contribution < -0.4 is 9.47 Å². The van der Waals surface area contributed by atoms with Gasteiger partial charge in [0.05, 0.1) is 43.7 Å². The van der Waals surface area contributed by atoms with Crippen molar-refractivity contribution >= 4 is 18.4 Å². The summed E-state index contributed by atoms with van der Waals surface area (Å²) in [7, 11) is -1.65. The minimum Gasteiger partial charge on any atom is -0.497 e. The van der Waals surface area contributed by atoms with Crippen LogP contribution in [0, 0.1) is 0 Å². The van der Waals surface area contributed by atoms with E-state index in [1.54, 1.807) is 38.5 Å². The van der Waals surface area contributed by atoms with E-state index in [9.17, 15) is 8.42 Å². The van der Waals surface area contributed by atoms with Crippen molar-refractivity contribution in [2.24, 2.45) is 0 Å². The first-order chi connectivity index (χ1) is 23.9. The summed E-state index contributed by atoms with van der Waals surface area (Å²) in [5.74, 6) is 1.43. The molecular weight excluding hydrogens is 661 g/mol. The first-order valence-corrected chi connectivity index (χ1v) is 19.5. The molecule has 0 radical (unpaired) electrons. The van der Waals surface area contributed by atoms with Gasteiger partial charge in [0.25, 0.3) is 8.53 Å². The Bertz CT molecular complexity index is 1730. The summed E-state index contributed by atoms with van der Waals surface area (Å²) >= 11 is 0. The van der Waals surface area contributed by atoms with Gasteiger partial charge in [0.2, 0.25) is 0 Å². The lowest BCUT2D eigenvalue weighted by molar-refractivity contribution is -0.0877. The van der Waals surface area contributed by atoms with Crippen molar-refractivity contribution in [3.8, 4) is 11.5 Å². The maximum atomic E-state index is 13.3. The minimum absolute atomic E-state index is 0.0111. The number of hydrogen-bond acceptors (Lipinski definition) is 9. The Kier molecular flexibility index (Phi) is 10.4. The smallest absolute Gasteiger partial charge is 0.259 e. The van der Waals surface area contributed by atoms with E-state index in [2.05, 4.69) is 16.8 Å². The number of nitrogens with zero attached hydrogens (tertiary/aromatic N) is 1. The molecule has 0 saturated carbocycles. The highest BCUT2D eigenvalue weighted by atomic mass is 32.2. The summed E-state index contributed by atoms with van der Waals surface area (Å²) in [6.07, 6.45) is 1.41. The van der Waals surface area contributed by atoms with Crippen molar-refractivity contribution in [1.29, 1.82) is 0 Å². The van der Waals surface area contributed by atoms with E-state index in [1.807, 2.05) is 72.8 Å². The van der Waals surface area contributed by atoms with Gasteiger partial charge >= 0.3 is 0 Å². The van der Waals surface area contributed by atoms with Gasteiger partial charge in [-0.2, -0.15) is 0 Å². The molecule has 3 aliphatic rings. The highest BCUT2D eigenvalue weighted by molar-refractivity contribution is 7.91. The van der Waals surface area contributed by atoms with Gasteiger partial charge in [0, 0.05) is 19.2 Å². The molecular formula is C38H42NO8PS. The third-order valence-corrected chi connectivity index (χ3v) is 13.1. The third kappa shape index (κ3) is 7.01. The van der Waals surface area contributed by atoms with Gasteiger partial charge in [-0.3, -0.25) is 0 Å². The molecule has 5 atom stereocenters. The van der Waals surface area contributed by atoms with Gasteiger partial charge in [0.1, 0.15) is 23.2 Å². The number of hydrogen-bond donors (Lipinski definition) is 0. The molecule has 3 aliphatic heterocycles. The summed E-state index contributed by atoms with van der Waals surface area (Å²) in [5.41, 5.74) is 1.88. The normalized spacial score (nSPS) is 24.2. The van der Waals surface area contributed by atoms with Crippen molar-refractivity contribution in [3.05, 3.63) is 126 Å². The van der Waals surface area contributed by atoms with Crippen LogP contribution in [0.3, 0.4) is 0 Å². The van der Waals surface area contributed by atoms with Gasteiger partial charge < -0.3 is 28.0 Å². The lowest BCUT2D eigenvalue weighted by atomic mass is 9.79. The molecule has 3 saturated heterocycles. The van der Waals surface area contributed by atoms with E-state index >= 15 is 0 Å². The van der Waals surface area contributed by atoms with E-state index in [1.165, 1.54) is 0 Å². The Morgan fingerprint density at radius 1 is 0.776 bits per heavy atom. The Morgan fingerprint density at radius 2 is 1.37 bits per heavy atom. The number of sulfone groups is 1. The summed E-state index contributed by atoms with van der Waals surface area (Å²) in [6.45, 7) is 1.60. The third-order valence-electron chi connectivity index (χ3n) is 9.62. The van der Waals surface area contributed by atoms with Crippen LogP contribution in [0.25, 0.3) is 0 Å². The van der Waals surface area contributed by atoms with Crippen LogP contribution in [0.4, 0.5) is 0 Å². The molecule has 3 heterocycles. The molecule has 4 aromatic rings. The van der Waals surface area contributed by atoms with Crippen molar-refractivity contribution < 1.29 is 36.4 Å². The zero-order chi connectivity index (χ0) is 33.8. The average molecular weight is 704 g/mol. The zero-order valence-electron chi connectivity index (χ0n) is 27.7. The Hall–Kier alpha value is -3.34. The molecule has 0 N–H and O–H groups in total. The van der Waals surface area contributed by atoms with Crippen LogP contribution in [-0.2, 0) is 34.0 Å². The lowest BCUT2D eigenvalue weighted by Gasteiger charge is -2.39. The quantitative estimate of drug-likeness (QED) is 0.111. The van der Waals surface area contributed by atoms with Crippen LogP contribution in [0.2, 0.25) is 0 Å². The maximum Gasteiger partial charge on any atom is 0.259 e. The van der Waals surface area contributed by atoms with Crippen LogP contribution >= 0.6 is 8.53 Å². The number of rotatable bonds is 13. The van der Waals surface area contributed by atoms with E-state index in [4.69, 9.17) is 28.0 Å². The highest BCUT2D eigenvalue weighted by Gasteiger charge is 2.49. The second-order valence-corrected chi connectivity index (χ2v) is 16.0. The fourth-order valence-corrected chi connectivity index (χ4v) is 10.6. The largest absolute Gasteiger partial charge is 0.497 e. The van der Waals surface area contributed by atoms with Crippen LogP contribution in [0.15, 0.2) is 114 Å². The molecule has 49 heavy (non-hydrogen) atoms. The fourth-order valence-electron chi connectivity index (χ4n) is 7.10. The van der Waals surface area contributed by atoms with E-state index in [-0.39, 0.29) is 30.6 Å². The van der Waals surface area contributed by atoms with Crippen LogP contribution in [0.5, 0.6) is 11.5 Å². The van der Waals surface area contributed by atoms with Crippen molar-refractivity contribution in [3.63, 3.8) is 0 Å². The minimum atomic E-state index is -3.51. The molecule has 0 aliphatic carbocycles. The number of benzene rings is 4. The second kappa shape index (κ2) is 14.9. The Labute approximate surface area is 289 Å². The molecule has 0 amide bonds. The molecule has 3 fully saturated rings. The van der Waals surface area contributed by atoms with Crippen molar-refractivity contribution in [2.45, 2.75) is 54.1 Å². The van der Waals surface area contributed by atoms with E-state index in [0.717, 1.165) is 47.6 Å². The average Bonchev–Trinajstić information content (AvgIpc) is 3.89. The van der Waals surface area contributed by atoms with Crippen molar-refractivity contribution in [1.82, 2.24) is 4.67 Å². The monoisotopic (exact) mass is 703 g/mol. The highest BCUT2D eigenvalue weighted by Crippen LogP contribution is 2.56. The number of ether oxygens (including phenoxy) is 4. The fraction of sp³-hybridized carbons (Fsp3) is 0.368. The number of methoxy groups -OCH3 is 2. The second-order valence-electron chi connectivity index (χ2n) is 12.5. The SMILES string of the molecule is COc1ccc(C(O[C@H]2CCO[C@@H]2CO[P@]2O[C@H](CS(=O)(=O)c3ccccc3)[C@@H]3CCCN32)(c2ccccc2)c2ccc(OC)cc2)cc1. The van der Waals surface area contributed by atoms with Gasteiger partial charge in [-0.05, 0) is 72.4 Å². The van der Waals surface area contributed by atoms with Crippen LogP contribution in [-0.4, -0.2) is 77.2 Å². The zero-order valence-corrected chi connectivity index (χ0v) is 29.4. The predicted molar refractivity (Wildman–Crippen MR) is 188 cm³/mol. The molecule has 0 aromatic heterocycles. The van der Waals surface area contributed by atoms with Crippen LogP contribution in [0.1, 0.15) is 36.0 Å². The molecule has 9 nitrogen and oxygen atoms in total. The summed E-state index contributed by atoms with van der Waals surface area (Å²) in [6, 6.07) is 34.8. The summed E-state index contributed by atoms with van der Waals surface area (Å²) in [5, 5.41) is 0. The Balaban J connectivity index is 1.14. The topological polar surface area (TPSA) is 92.8 Å². The first-order valence-electron chi connectivity index (χ1n) is 16.7. The molecule has 7 rings (SSSR count). The maximum absolute atomic E-state index is 13.3. The standard InChI is InChI=1S/C38H42NO8PS/c1-42-31-19-15-29(16-20-31)38(28-10-5-3-6-11-28,30-17-21-32(43-2)22-18-30)46-35-23-25-44-36(35)26-45-48-39-24-9-14-34(39)37(47-48)27-49(40,41)33-12-7-4-8-13-33/h3-8,10-13,15-22,34-37H,9,14,23-27H2,1-2H3/t34-,35-,36+,37+,48+/m0/s1. The van der Waals surface area contributed by atoms with Crippen molar-refractivity contribution in [2.75, 3.05) is 39.7 Å². The summed E-state index contributed by atoms with van der Waals surface area (Å²) < 4.78 is 66.3. The van der Waals surface area contributed by atoms with E-state index in [0.29, 0.717) is 17.9 Å². The van der Waals surface area contributed by atoms with Gasteiger partial charge in [0.15, 0.2) is 9.84 Å². The van der Waals surface area contributed by atoms with Gasteiger partial charge in [-0.15, -0.1) is 0 Å². The van der Waals surface area contributed by atoms with Gasteiger partial charge in [-0.1, -0.05) is 72.8 Å². The predicted octanol–water partition coefficient (Wildman–Crippen LogP) is 6.75. The van der Waals surface area contributed by atoms with E-state index < -0.39 is 30.1 Å².